The van der Waals surface area contributed by atoms with E-state index in [9.17, 15) is 0 Å². The molecule has 3 aromatic rings. The van der Waals surface area contributed by atoms with Crippen LogP contribution in [0.1, 0.15) is 0 Å². The summed E-state index contributed by atoms with van der Waals surface area (Å²) in [7, 11) is 1.86. The third-order valence-corrected chi connectivity index (χ3v) is 3.70. The highest BCUT2D eigenvalue weighted by Crippen LogP contribution is 2.28. The number of nitrogens with one attached hydrogen (secondary N) is 1. The molecule has 0 saturated carbocycles. The van der Waals surface area contributed by atoms with Crippen molar-refractivity contribution in [3.63, 3.8) is 0 Å². The minimum Gasteiger partial charge on any atom is -0.365 e. The first-order valence-electron chi connectivity index (χ1n) is 5.89. The molecule has 0 atom stereocenters. The van der Waals surface area contributed by atoms with Crippen LogP contribution in [0.2, 0.25) is 0 Å². The van der Waals surface area contributed by atoms with Gasteiger partial charge < -0.3 is 5.32 Å². The SMILES string of the molecule is CNc1ncc(-c2ccnc(-c3ccccc3)n2)s1. The third-order valence-electron chi connectivity index (χ3n) is 2.66. The Balaban J connectivity index is 2.00. The second kappa shape index (κ2) is 5.16. The van der Waals surface area contributed by atoms with E-state index >= 15 is 0 Å². The Bertz CT molecular complexity index is 679. The van der Waals surface area contributed by atoms with Gasteiger partial charge in [0, 0.05) is 25.0 Å². The monoisotopic (exact) mass is 268 g/mol. The number of hydrogen-bond donors (Lipinski definition) is 1. The van der Waals surface area contributed by atoms with Gasteiger partial charge in [-0.3, -0.25) is 0 Å². The van der Waals surface area contributed by atoms with Gasteiger partial charge in [-0.2, -0.15) is 0 Å². The van der Waals surface area contributed by atoms with Gasteiger partial charge in [0.2, 0.25) is 0 Å². The van der Waals surface area contributed by atoms with E-state index < -0.39 is 0 Å². The van der Waals surface area contributed by atoms with Crippen molar-refractivity contribution >= 4 is 16.5 Å². The van der Waals surface area contributed by atoms with Crippen molar-refractivity contribution < 1.29 is 0 Å². The summed E-state index contributed by atoms with van der Waals surface area (Å²) < 4.78 is 0. The van der Waals surface area contributed by atoms with Crippen molar-refractivity contribution in [2.45, 2.75) is 0 Å². The minimum atomic E-state index is 0.734. The van der Waals surface area contributed by atoms with E-state index in [1.54, 1.807) is 17.5 Å². The molecule has 19 heavy (non-hydrogen) atoms. The van der Waals surface area contributed by atoms with E-state index in [2.05, 4.69) is 20.3 Å². The number of aromatic nitrogens is 3. The highest BCUT2D eigenvalue weighted by molar-refractivity contribution is 7.18. The van der Waals surface area contributed by atoms with E-state index in [0.717, 1.165) is 27.1 Å². The van der Waals surface area contributed by atoms with Crippen LogP contribution < -0.4 is 5.32 Å². The molecule has 0 unspecified atom stereocenters. The van der Waals surface area contributed by atoms with E-state index in [-0.39, 0.29) is 0 Å². The maximum Gasteiger partial charge on any atom is 0.182 e. The van der Waals surface area contributed by atoms with Crippen LogP contribution in [0, 0.1) is 0 Å². The largest absolute Gasteiger partial charge is 0.365 e. The summed E-state index contributed by atoms with van der Waals surface area (Å²) in [5, 5.41) is 3.91. The molecule has 0 bridgehead atoms. The number of anilines is 1. The Morgan fingerprint density at radius 1 is 1.05 bits per heavy atom. The summed E-state index contributed by atoms with van der Waals surface area (Å²) >= 11 is 1.58. The number of nitrogens with zero attached hydrogens (tertiary/aromatic N) is 3. The minimum absolute atomic E-state index is 0.734. The molecule has 1 N–H and O–H groups in total. The highest BCUT2D eigenvalue weighted by Gasteiger charge is 2.07. The molecule has 5 heteroatoms. The summed E-state index contributed by atoms with van der Waals surface area (Å²) in [6, 6.07) is 11.9. The van der Waals surface area contributed by atoms with Crippen LogP contribution in [-0.2, 0) is 0 Å². The molecule has 0 radical (unpaired) electrons. The van der Waals surface area contributed by atoms with Crippen LogP contribution in [-0.4, -0.2) is 22.0 Å². The van der Waals surface area contributed by atoms with Gasteiger partial charge in [-0.15, -0.1) is 0 Å². The van der Waals surface area contributed by atoms with Crippen LogP contribution in [0.5, 0.6) is 0 Å². The molecule has 4 nitrogen and oxygen atoms in total. The van der Waals surface area contributed by atoms with Crippen molar-refractivity contribution in [1.29, 1.82) is 0 Å². The quantitative estimate of drug-likeness (QED) is 0.791. The standard InChI is InChI=1S/C14H12N4S/c1-15-14-17-9-12(19-14)11-7-8-16-13(18-11)10-5-3-2-4-6-10/h2-9H,1H3,(H,15,17). The lowest BCUT2D eigenvalue weighted by Gasteiger charge is -2.01. The summed E-state index contributed by atoms with van der Waals surface area (Å²) in [5.41, 5.74) is 1.91. The highest BCUT2D eigenvalue weighted by atomic mass is 32.1. The van der Waals surface area contributed by atoms with Gasteiger partial charge in [0.25, 0.3) is 0 Å². The maximum absolute atomic E-state index is 4.59. The van der Waals surface area contributed by atoms with Crippen LogP contribution >= 0.6 is 11.3 Å². The summed E-state index contributed by atoms with van der Waals surface area (Å²) in [4.78, 5) is 14.2. The van der Waals surface area contributed by atoms with Crippen LogP contribution in [0.4, 0.5) is 5.13 Å². The maximum atomic E-state index is 4.59. The predicted octanol–water partition coefficient (Wildman–Crippen LogP) is 3.31. The summed E-state index contributed by atoms with van der Waals surface area (Å²) in [6.45, 7) is 0. The average molecular weight is 268 g/mol. The normalized spacial score (nSPS) is 10.4. The Kier molecular flexibility index (Phi) is 3.20. The first-order valence-corrected chi connectivity index (χ1v) is 6.71. The van der Waals surface area contributed by atoms with Gasteiger partial charge in [-0.05, 0) is 6.07 Å². The summed E-state index contributed by atoms with van der Waals surface area (Å²) in [6.07, 6.45) is 3.61. The first-order chi connectivity index (χ1) is 9.36. The molecule has 0 spiro atoms. The fraction of sp³-hybridized carbons (Fsp3) is 0.0714. The average Bonchev–Trinajstić information content (AvgIpc) is 2.97. The van der Waals surface area contributed by atoms with Gasteiger partial charge in [0.05, 0.1) is 10.6 Å². The fourth-order valence-electron chi connectivity index (χ4n) is 1.73. The number of hydrogen-bond acceptors (Lipinski definition) is 5. The van der Waals surface area contributed by atoms with E-state index in [4.69, 9.17) is 0 Å². The Hall–Kier alpha value is -2.27. The molecule has 0 aliphatic rings. The van der Waals surface area contributed by atoms with E-state index in [1.807, 2.05) is 49.6 Å². The number of rotatable bonds is 3. The molecular weight excluding hydrogens is 256 g/mol. The van der Waals surface area contributed by atoms with E-state index in [0.29, 0.717) is 0 Å². The molecule has 2 aromatic heterocycles. The van der Waals surface area contributed by atoms with Crippen molar-refractivity contribution in [2.75, 3.05) is 12.4 Å². The molecule has 94 valence electrons. The van der Waals surface area contributed by atoms with Crippen LogP contribution in [0.15, 0.2) is 48.8 Å². The smallest absolute Gasteiger partial charge is 0.182 e. The van der Waals surface area contributed by atoms with Crippen LogP contribution in [0.3, 0.4) is 0 Å². The van der Waals surface area contributed by atoms with Crippen molar-refractivity contribution in [3.05, 3.63) is 48.8 Å². The molecule has 2 heterocycles. The van der Waals surface area contributed by atoms with Crippen molar-refractivity contribution in [3.8, 4) is 22.0 Å². The fourth-order valence-corrected chi connectivity index (χ4v) is 2.47. The Morgan fingerprint density at radius 3 is 2.63 bits per heavy atom. The lowest BCUT2D eigenvalue weighted by molar-refractivity contribution is 1.18. The Labute approximate surface area is 115 Å². The second-order valence-corrected chi connectivity index (χ2v) is 4.94. The zero-order chi connectivity index (χ0) is 13.1. The number of thiazole rings is 1. The zero-order valence-corrected chi connectivity index (χ0v) is 11.2. The Morgan fingerprint density at radius 2 is 1.89 bits per heavy atom. The molecule has 1 aromatic carbocycles. The van der Waals surface area contributed by atoms with Crippen molar-refractivity contribution in [1.82, 2.24) is 15.0 Å². The molecule has 0 fully saturated rings. The molecule has 0 aliphatic carbocycles. The van der Waals surface area contributed by atoms with Gasteiger partial charge in [0.1, 0.15) is 0 Å². The lowest BCUT2D eigenvalue weighted by Crippen LogP contribution is -1.89. The predicted molar refractivity (Wildman–Crippen MR) is 78.1 cm³/mol. The molecular formula is C14H12N4S. The van der Waals surface area contributed by atoms with Gasteiger partial charge in [-0.1, -0.05) is 41.7 Å². The van der Waals surface area contributed by atoms with E-state index in [1.165, 1.54) is 0 Å². The topological polar surface area (TPSA) is 50.7 Å². The molecule has 0 aliphatic heterocycles. The first kappa shape index (κ1) is 11.8. The van der Waals surface area contributed by atoms with Crippen molar-refractivity contribution in [2.24, 2.45) is 0 Å². The van der Waals surface area contributed by atoms with Gasteiger partial charge >= 0.3 is 0 Å². The lowest BCUT2D eigenvalue weighted by atomic mass is 10.2. The molecule has 0 saturated heterocycles. The number of benzene rings is 1. The van der Waals surface area contributed by atoms with Gasteiger partial charge in [0.15, 0.2) is 11.0 Å². The third kappa shape index (κ3) is 2.46. The second-order valence-electron chi connectivity index (χ2n) is 3.91. The molecule has 3 rings (SSSR count). The molecule has 0 amide bonds. The summed E-state index contributed by atoms with van der Waals surface area (Å²) in [5.74, 6) is 0.734. The van der Waals surface area contributed by atoms with Gasteiger partial charge in [-0.25, -0.2) is 15.0 Å². The zero-order valence-electron chi connectivity index (χ0n) is 10.4. The van der Waals surface area contributed by atoms with Crippen LogP contribution in [0.25, 0.3) is 22.0 Å².